The number of nitrogens with zero attached hydrogens (tertiary/aromatic N) is 2. The largest absolute Gasteiger partial charge is 0.454 e. The van der Waals surface area contributed by atoms with Crippen molar-refractivity contribution in [3.05, 3.63) is 29.6 Å². The number of carbonyl (C=O) groups excluding carboxylic acids is 1. The summed E-state index contributed by atoms with van der Waals surface area (Å²) in [6.07, 6.45) is 4.93. The van der Waals surface area contributed by atoms with E-state index < -0.39 is 0 Å². The highest BCUT2D eigenvalue weighted by atomic mass is 32.2. The second-order valence-electron chi connectivity index (χ2n) is 7.19. The van der Waals surface area contributed by atoms with Gasteiger partial charge in [-0.05, 0) is 45.7 Å². The van der Waals surface area contributed by atoms with Crippen LogP contribution in [0.1, 0.15) is 50.0 Å². The van der Waals surface area contributed by atoms with Crippen molar-refractivity contribution >= 4 is 23.4 Å². The fraction of sp³-hybridized carbons (Fsp3) is 0.500. The first-order valence-corrected chi connectivity index (χ1v) is 10.3. The van der Waals surface area contributed by atoms with Crippen LogP contribution in [0.3, 0.4) is 0 Å². The van der Waals surface area contributed by atoms with Crippen LogP contribution in [0.15, 0.2) is 23.4 Å². The first-order valence-electron chi connectivity index (χ1n) is 9.45. The number of amides is 1. The molecule has 0 bridgehead atoms. The molecule has 1 atom stereocenters. The highest BCUT2D eigenvalue weighted by molar-refractivity contribution is 8.00. The molecular weight excluding hydrogens is 362 g/mol. The maximum absolute atomic E-state index is 12.7. The summed E-state index contributed by atoms with van der Waals surface area (Å²) in [4.78, 5) is 17.4. The van der Waals surface area contributed by atoms with Gasteiger partial charge >= 0.3 is 0 Å². The van der Waals surface area contributed by atoms with Gasteiger partial charge in [-0.25, -0.2) is 4.98 Å². The second-order valence-corrected chi connectivity index (χ2v) is 8.50. The Morgan fingerprint density at radius 3 is 2.78 bits per heavy atom. The predicted octanol–water partition coefficient (Wildman–Crippen LogP) is 4.46. The van der Waals surface area contributed by atoms with Crippen molar-refractivity contribution in [3.8, 4) is 11.5 Å². The normalized spacial score (nSPS) is 17.3. The number of thioether (sulfide) groups is 1. The zero-order chi connectivity index (χ0) is 19.0. The lowest BCUT2D eigenvalue weighted by molar-refractivity contribution is -0.115. The summed E-state index contributed by atoms with van der Waals surface area (Å²) in [5.41, 5.74) is 2.98. The number of imidazole rings is 1. The Morgan fingerprint density at radius 1 is 1.26 bits per heavy atom. The van der Waals surface area contributed by atoms with Crippen LogP contribution in [0.5, 0.6) is 11.5 Å². The van der Waals surface area contributed by atoms with Gasteiger partial charge in [-0.1, -0.05) is 24.6 Å². The van der Waals surface area contributed by atoms with Gasteiger partial charge in [0.15, 0.2) is 16.7 Å². The number of hydrogen-bond acceptors (Lipinski definition) is 5. The third kappa shape index (κ3) is 3.65. The van der Waals surface area contributed by atoms with E-state index in [-0.39, 0.29) is 18.0 Å². The summed E-state index contributed by atoms with van der Waals surface area (Å²) in [7, 11) is 0. The second kappa shape index (κ2) is 7.46. The molecule has 2 aliphatic rings. The lowest BCUT2D eigenvalue weighted by Crippen LogP contribution is -2.23. The van der Waals surface area contributed by atoms with Crippen molar-refractivity contribution in [2.24, 2.45) is 0 Å². The van der Waals surface area contributed by atoms with Gasteiger partial charge in [0.25, 0.3) is 0 Å². The lowest BCUT2D eigenvalue weighted by atomic mass is 10.2. The highest BCUT2D eigenvalue weighted by Gasteiger charge is 2.26. The third-order valence-corrected chi connectivity index (χ3v) is 6.40. The first kappa shape index (κ1) is 18.2. The number of carbonyl (C=O) groups is 1. The minimum atomic E-state index is -0.253. The number of hydrogen-bond donors (Lipinski definition) is 1. The molecule has 1 aromatic heterocycles. The molecule has 1 saturated carbocycles. The summed E-state index contributed by atoms with van der Waals surface area (Å²) in [6, 6.07) is 5.95. The van der Waals surface area contributed by atoms with Crippen LogP contribution in [0, 0.1) is 13.8 Å². The van der Waals surface area contributed by atoms with Gasteiger partial charge in [-0.3, -0.25) is 4.79 Å². The molecular formula is C20H25N3O3S. The standard InChI is InChI=1S/C20H25N3O3S/c1-12-13(2)23(16-6-4-5-7-16)20(21-12)27-14(3)19(24)22-15-8-9-17-18(10-15)26-11-25-17/h8-10,14,16H,4-7,11H2,1-3H3,(H,22,24)/t14-/m0/s1. The van der Waals surface area contributed by atoms with Gasteiger partial charge in [-0.15, -0.1) is 0 Å². The van der Waals surface area contributed by atoms with E-state index >= 15 is 0 Å². The summed E-state index contributed by atoms with van der Waals surface area (Å²) in [5.74, 6) is 1.33. The number of ether oxygens (including phenoxy) is 2. The Kier molecular flexibility index (Phi) is 5.04. The van der Waals surface area contributed by atoms with Crippen molar-refractivity contribution in [1.82, 2.24) is 9.55 Å². The molecule has 2 aromatic rings. The highest BCUT2D eigenvalue weighted by Crippen LogP contribution is 2.37. The maximum Gasteiger partial charge on any atom is 0.237 e. The van der Waals surface area contributed by atoms with E-state index in [1.165, 1.54) is 43.1 Å². The number of aryl methyl sites for hydroxylation is 1. The first-order chi connectivity index (χ1) is 13.0. The van der Waals surface area contributed by atoms with E-state index in [0.717, 1.165) is 10.9 Å². The van der Waals surface area contributed by atoms with Crippen LogP contribution >= 0.6 is 11.8 Å². The van der Waals surface area contributed by atoms with E-state index in [1.54, 1.807) is 6.07 Å². The molecule has 1 aliphatic heterocycles. The molecule has 0 radical (unpaired) electrons. The zero-order valence-electron chi connectivity index (χ0n) is 15.9. The molecule has 0 unspecified atom stereocenters. The molecule has 7 heteroatoms. The summed E-state index contributed by atoms with van der Waals surface area (Å²) in [6.45, 7) is 6.32. The van der Waals surface area contributed by atoms with Gasteiger partial charge in [0.2, 0.25) is 12.7 Å². The van der Waals surface area contributed by atoms with Gasteiger partial charge < -0.3 is 19.4 Å². The SMILES string of the molecule is Cc1nc(S[C@@H](C)C(=O)Nc2ccc3c(c2)OCO3)n(C2CCCC2)c1C. The monoisotopic (exact) mass is 387 g/mol. The molecule has 1 fully saturated rings. The quantitative estimate of drug-likeness (QED) is 0.767. The predicted molar refractivity (Wildman–Crippen MR) is 106 cm³/mol. The van der Waals surface area contributed by atoms with E-state index in [1.807, 2.05) is 26.0 Å². The molecule has 2 heterocycles. The van der Waals surface area contributed by atoms with Gasteiger partial charge in [0, 0.05) is 23.5 Å². The van der Waals surface area contributed by atoms with Crippen molar-refractivity contribution < 1.29 is 14.3 Å². The molecule has 1 aromatic carbocycles. The maximum atomic E-state index is 12.7. The molecule has 27 heavy (non-hydrogen) atoms. The number of benzene rings is 1. The summed E-state index contributed by atoms with van der Waals surface area (Å²) in [5, 5.41) is 3.67. The third-order valence-electron chi connectivity index (χ3n) is 5.34. The number of rotatable bonds is 5. The fourth-order valence-electron chi connectivity index (χ4n) is 3.70. The zero-order valence-corrected chi connectivity index (χ0v) is 16.8. The molecule has 1 amide bonds. The molecule has 6 nitrogen and oxygen atoms in total. The van der Waals surface area contributed by atoms with Gasteiger partial charge in [-0.2, -0.15) is 0 Å². The van der Waals surface area contributed by atoms with Crippen LogP contribution in [-0.4, -0.2) is 27.5 Å². The van der Waals surface area contributed by atoms with E-state index in [2.05, 4.69) is 16.8 Å². The van der Waals surface area contributed by atoms with Crippen molar-refractivity contribution in [2.45, 2.75) is 62.9 Å². The fourth-order valence-corrected chi connectivity index (χ4v) is 4.77. The molecule has 0 spiro atoms. The van der Waals surface area contributed by atoms with Crippen molar-refractivity contribution in [3.63, 3.8) is 0 Å². The average Bonchev–Trinajstić information content (AvgIpc) is 3.36. The molecule has 1 N–H and O–H groups in total. The van der Waals surface area contributed by atoms with Crippen LogP contribution in [0.25, 0.3) is 0 Å². The van der Waals surface area contributed by atoms with Gasteiger partial charge in [0.05, 0.1) is 10.9 Å². The Morgan fingerprint density at radius 2 is 2.00 bits per heavy atom. The van der Waals surface area contributed by atoms with Crippen LogP contribution in [0.4, 0.5) is 5.69 Å². The molecule has 1 aliphatic carbocycles. The van der Waals surface area contributed by atoms with Crippen LogP contribution < -0.4 is 14.8 Å². The molecule has 144 valence electrons. The summed E-state index contributed by atoms with van der Waals surface area (Å²) < 4.78 is 13.0. The molecule has 0 saturated heterocycles. The van der Waals surface area contributed by atoms with Crippen LogP contribution in [-0.2, 0) is 4.79 Å². The average molecular weight is 388 g/mol. The summed E-state index contributed by atoms with van der Waals surface area (Å²) >= 11 is 1.53. The van der Waals surface area contributed by atoms with Crippen molar-refractivity contribution in [1.29, 1.82) is 0 Å². The topological polar surface area (TPSA) is 65.4 Å². The molecule has 4 rings (SSSR count). The number of anilines is 1. The lowest BCUT2D eigenvalue weighted by Gasteiger charge is -2.18. The van der Waals surface area contributed by atoms with E-state index in [9.17, 15) is 4.79 Å². The van der Waals surface area contributed by atoms with Crippen LogP contribution in [0.2, 0.25) is 0 Å². The number of fused-ring (bicyclic) bond motifs is 1. The Balaban J connectivity index is 1.46. The minimum absolute atomic E-state index is 0.0462. The number of aromatic nitrogens is 2. The smallest absolute Gasteiger partial charge is 0.237 e. The van der Waals surface area contributed by atoms with Crippen molar-refractivity contribution in [2.75, 3.05) is 12.1 Å². The Bertz CT molecular complexity index is 858. The van der Waals surface area contributed by atoms with E-state index in [4.69, 9.17) is 14.5 Å². The van der Waals surface area contributed by atoms with Gasteiger partial charge in [0.1, 0.15) is 0 Å². The van der Waals surface area contributed by atoms with E-state index in [0.29, 0.717) is 23.2 Å². The number of nitrogens with one attached hydrogen (secondary N) is 1. The Hall–Kier alpha value is -2.15. The Labute approximate surface area is 163 Å². The minimum Gasteiger partial charge on any atom is -0.454 e.